The van der Waals surface area contributed by atoms with Crippen LogP contribution in [0.1, 0.15) is 17.5 Å². The number of aromatic nitrogens is 3. The number of thiazole rings is 1. The van der Waals surface area contributed by atoms with Gasteiger partial charge in [0.2, 0.25) is 0 Å². The van der Waals surface area contributed by atoms with E-state index in [1.54, 1.807) is 28.8 Å². The summed E-state index contributed by atoms with van der Waals surface area (Å²) in [7, 11) is 0. The molecule has 4 aromatic rings. The molecule has 0 N–H and O–H groups in total. The lowest BCUT2D eigenvalue weighted by molar-refractivity contribution is -0.120. The third-order valence-electron chi connectivity index (χ3n) is 5.07. The van der Waals surface area contributed by atoms with Crippen molar-refractivity contribution in [2.75, 3.05) is 18.1 Å². The Hall–Kier alpha value is -3.19. The third-order valence-corrected chi connectivity index (χ3v) is 6.11. The molecule has 1 amide bonds. The standard InChI is InChI=1S/C23H24N4O2S/c1-17-9-10-20-22(18(17)2)25-23(30-20)27(13-6-12-26-14-11-24-16-26)21(28)15-29-19-7-4-3-5-8-19/h3-5,7-11,14,16H,6,12-13,15H2,1-2H3. The van der Waals surface area contributed by atoms with Gasteiger partial charge in [0.05, 0.1) is 16.5 Å². The van der Waals surface area contributed by atoms with Gasteiger partial charge in [-0.1, -0.05) is 35.6 Å². The minimum atomic E-state index is -0.0992. The van der Waals surface area contributed by atoms with E-state index in [1.807, 2.05) is 41.1 Å². The van der Waals surface area contributed by atoms with Gasteiger partial charge in [0.15, 0.2) is 11.7 Å². The van der Waals surface area contributed by atoms with Gasteiger partial charge in [-0.3, -0.25) is 9.69 Å². The molecule has 4 rings (SSSR count). The summed E-state index contributed by atoms with van der Waals surface area (Å²) in [6.45, 7) is 5.48. The molecule has 0 bridgehead atoms. The number of amides is 1. The Morgan fingerprint density at radius 1 is 1.17 bits per heavy atom. The molecular formula is C23H24N4O2S. The van der Waals surface area contributed by atoms with Crippen molar-refractivity contribution in [3.05, 3.63) is 72.3 Å². The van der Waals surface area contributed by atoms with Crippen molar-refractivity contribution in [1.29, 1.82) is 0 Å². The fourth-order valence-electron chi connectivity index (χ4n) is 3.23. The maximum absolute atomic E-state index is 13.1. The summed E-state index contributed by atoms with van der Waals surface area (Å²) >= 11 is 1.55. The van der Waals surface area contributed by atoms with Crippen LogP contribution in [-0.2, 0) is 11.3 Å². The van der Waals surface area contributed by atoms with E-state index in [0.29, 0.717) is 17.4 Å². The van der Waals surface area contributed by atoms with E-state index >= 15 is 0 Å². The largest absolute Gasteiger partial charge is 0.484 e. The first kappa shape index (κ1) is 20.1. The van der Waals surface area contributed by atoms with Crippen LogP contribution in [0.4, 0.5) is 5.13 Å². The van der Waals surface area contributed by atoms with Crippen LogP contribution in [0.3, 0.4) is 0 Å². The molecule has 30 heavy (non-hydrogen) atoms. The summed E-state index contributed by atoms with van der Waals surface area (Å²) in [5, 5.41) is 0.714. The van der Waals surface area contributed by atoms with Crippen molar-refractivity contribution >= 4 is 32.6 Å². The number of ether oxygens (including phenoxy) is 1. The summed E-state index contributed by atoms with van der Waals surface area (Å²) in [6, 6.07) is 13.6. The summed E-state index contributed by atoms with van der Waals surface area (Å²) < 4.78 is 8.81. The van der Waals surface area contributed by atoms with Crippen molar-refractivity contribution in [2.24, 2.45) is 0 Å². The number of benzene rings is 2. The molecule has 0 saturated carbocycles. The Morgan fingerprint density at radius 2 is 2.00 bits per heavy atom. The van der Waals surface area contributed by atoms with E-state index in [9.17, 15) is 4.79 Å². The minimum Gasteiger partial charge on any atom is -0.484 e. The molecule has 2 aromatic heterocycles. The second-order valence-corrected chi connectivity index (χ2v) is 8.16. The van der Waals surface area contributed by atoms with Crippen molar-refractivity contribution in [1.82, 2.24) is 14.5 Å². The average Bonchev–Trinajstić information content (AvgIpc) is 3.43. The van der Waals surface area contributed by atoms with E-state index in [4.69, 9.17) is 9.72 Å². The minimum absolute atomic E-state index is 0.0248. The zero-order valence-electron chi connectivity index (χ0n) is 17.1. The predicted molar refractivity (Wildman–Crippen MR) is 120 cm³/mol. The SMILES string of the molecule is Cc1ccc2sc(N(CCCn3ccnc3)C(=O)COc3ccccc3)nc2c1C. The van der Waals surface area contributed by atoms with Gasteiger partial charge in [-0.05, 0) is 49.6 Å². The van der Waals surface area contributed by atoms with Gasteiger partial charge in [-0.25, -0.2) is 9.97 Å². The molecule has 0 saturated heterocycles. The molecule has 0 aliphatic heterocycles. The van der Waals surface area contributed by atoms with E-state index in [0.717, 1.165) is 28.7 Å². The molecule has 2 aromatic carbocycles. The van der Waals surface area contributed by atoms with Gasteiger partial charge < -0.3 is 9.30 Å². The van der Waals surface area contributed by atoms with Crippen molar-refractivity contribution in [3.63, 3.8) is 0 Å². The molecule has 6 nitrogen and oxygen atoms in total. The molecule has 0 spiro atoms. The predicted octanol–water partition coefficient (Wildman–Crippen LogP) is 4.61. The van der Waals surface area contributed by atoms with Gasteiger partial charge in [-0.15, -0.1) is 0 Å². The Labute approximate surface area is 179 Å². The normalized spacial score (nSPS) is 11.0. The number of para-hydroxylation sites is 1. The lowest BCUT2D eigenvalue weighted by Crippen LogP contribution is -2.36. The number of imidazole rings is 1. The van der Waals surface area contributed by atoms with Gasteiger partial charge in [0, 0.05) is 25.5 Å². The number of nitrogens with zero attached hydrogens (tertiary/aromatic N) is 4. The van der Waals surface area contributed by atoms with E-state index in [2.05, 4.69) is 31.0 Å². The molecule has 154 valence electrons. The summed E-state index contributed by atoms with van der Waals surface area (Å²) in [5.74, 6) is 0.581. The number of aryl methyl sites for hydroxylation is 3. The van der Waals surface area contributed by atoms with Crippen LogP contribution in [0.5, 0.6) is 5.75 Å². The Bertz CT molecular complexity index is 1120. The first-order chi connectivity index (χ1) is 14.6. The number of anilines is 1. The molecule has 0 atom stereocenters. The van der Waals surface area contributed by atoms with Gasteiger partial charge >= 0.3 is 0 Å². The topological polar surface area (TPSA) is 60.2 Å². The van der Waals surface area contributed by atoms with Crippen LogP contribution in [0.15, 0.2) is 61.2 Å². The van der Waals surface area contributed by atoms with Crippen LogP contribution < -0.4 is 9.64 Å². The highest BCUT2D eigenvalue weighted by Crippen LogP contribution is 2.32. The van der Waals surface area contributed by atoms with Crippen LogP contribution in [0.2, 0.25) is 0 Å². The highest BCUT2D eigenvalue weighted by atomic mass is 32.1. The van der Waals surface area contributed by atoms with Gasteiger partial charge in [0.1, 0.15) is 5.75 Å². The van der Waals surface area contributed by atoms with E-state index < -0.39 is 0 Å². The monoisotopic (exact) mass is 420 g/mol. The summed E-state index contributed by atoms with van der Waals surface area (Å²) in [5.41, 5.74) is 3.32. The van der Waals surface area contributed by atoms with Crippen LogP contribution >= 0.6 is 11.3 Å². The quantitative estimate of drug-likeness (QED) is 0.418. The Morgan fingerprint density at radius 3 is 2.77 bits per heavy atom. The van der Waals surface area contributed by atoms with Crippen molar-refractivity contribution in [2.45, 2.75) is 26.8 Å². The number of fused-ring (bicyclic) bond motifs is 1. The van der Waals surface area contributed by atoms with Crippen LogP contribution in [0.25, 0.3) is 10.2 Å². The molecular weight excluding hydrogens is 396 g/mol. The maximum atomic E-state index is 13.1. The molecule has 0 aliphatic carbocycles. The van der Waals surface area contributed by atoms with Crippen LogP contribution in [-0.4, -0.2) is 33.6 Å². The Balaban J connectivity index is 1.54. The smallest absolute Gasteiger partial charge is 0.266 e. The molecule has 7 heteroatoms. The van der Waals surface area contributed by atoms with Gasteiger partial charge in [-0.2, -0.15) is 0 Å². The second kappa shape index (κ2) is 9.09. The van der Waals surface area contributed by atoms with Crippen molar-refractivity contribution in [3.8, 4) is 5.75 Å². The first-order valence-electron chi connectivity index (χ1n) is 9.92. The van der Waals surface area contributed by atoms with Gasteiger partial charge in [0.25, 0.3) is 5.91 Å². The Kier molecular flexibility index (Phi) is 6.09. The highest BCUT2D eigenvalue weighted by molar-refractivity contribution is 7.22. The molecule has 0 aliphatic rings. The number of rotatable bonds is 8. The zero-order chi connectivity index (χ0) is 20.9. The molecule has 2 heterocycles. The number of hydrogen-bond donors (Lipinski definition) is 0. The highest BCUT2D eigenvalue weighted by Gasteiger charge is 2.21. The van der Waals surface area contributed by atoms with E-state index in [-0.39, 0.29) is 12.5 Å². The van der Waals surface area contributed by atoms with Crippen molar-refractivity contribution < 1.29 is 9.53 Å². The molecule has 0 unspecified atom stereocenters. The number of carbonyl (C=O) groups is 1. The average molecular weight is 421 g/mol. The lowest BCUT2D eigenvalue weighted by Gasteiger charge is -2.20. The van der Waals surface area contributed by atoms with Crippen LogP contribution in [0, 0.1) is 13.8 Å². The van der Waals surface area contributed by atoms with E-state index in [1.165, 1.54) is 5.56 Å². The number of hydrogen-bond acceptors (Lipinski definition) is 5. The molecule has 0 fully saturated rings. The fraction of sp³-hybridized carbons (Fsp3) is 0.261. The summed E-state index contributed by atoms with van der Waals surface area (Å²) in [4.78, 5) is 23.7. The first-order valence-corrected chi connectivity index (χ1v) is 10.7. The lowest BCUT2D eigenvalue weighted by atomic mass is 10.1. The third kappa shape index (κ3) is 4.52. The maximum Gasteiger partial charge on any atom is 0.266 e. The fourth-order valence-corrected chi connectivity index (χ4v) is 4.30. The number of carbonyl (C=O) groups excluding carboxylic acids is 1. The zero-order valence-corrected chi connectivity index (χ0v) is 17.9. The summed E-state index contributed by atoms with van der Waals surface area (Å²) in [6.07, 6.45) is 6.26. The second-order valence-electron chi connectivity index (χ2n) is 7.15. The molecule has 0 radical (unpaired) electrons.